The van der Waals surface area contributed by atoms with Gasteiger partial charge in [0.2, 0.25) is 0 Å². The number of benzene rings is 1. The fraction of sp³-hybridized carbons (Fsp3) is 0.667. The van der Waals surface area contributed by atoms with Crippen LogP contribution in [-0.2, 0) is 0 Å². The minimum Gasteiger partial charge on any atom is -0.494 e. The Hall–Kier alpha value is -0.540. The van der Waals surface area contributed by atoms with Gasteiger partial charge in [0.05, 0.1) is 6.61 Å². The maximum atomic E-state index is 5.91. The minimum absolute atomic E-state index is 0.379. The number of ether oxygens (including phenoxy) is 1. The van der Waals surface area contributed by atoms with E-state index in [2.05, 4.69) is 42.0 Å². The summed E-state index contributed by atoms with van der Waals surface area (Å²) in [5.41, 5.74) is 0.379. The van der Waals surface area contributed by atoms with Gasteiger partial charge in [0.1, 0.15) is 5.75 Å². The number of halogens is 1. The van der Waals surface area contributed by atoms with Crippen molar-refractivity contribution in [1.29, 1.82) is 0 Å². The molecule has 1 aromatic carbocycles. The zero-order valence-electron chi connectivity index (χ0n) is 13.5. The maximum Gasteiger partial charge on any atom is 0.119 e. The number of nitrogens with one attached hydrogen (secondary N) is 1. The first-order chi connectivity index (χ1) is 9.99. The average molecular weight is 354 g/mol. The van der Waals surface area contributed by atoms with Crippen LogP contribution >= 0.6 is 15.9 Å². The number of hydrogen-bond acceptors (Lipinski definition) is 2. The Morgan fingerprint density at radius 2 is 1.95 bits per heavy atom. The molecule has 3 heteroatoms. The van der Waals surface area contributed by atoms with E-state index in [0.29, 0.717) is 11.3 Å². The Labute approximate surface area is 137 Å². The van der Waals surface area contributed by atoms with Gasteiger partial charge in [0.15, 0.2) is 0 Å². The molecule has 0 aliphatic heterocycles. The van der Waals surface area contributed by atoms with Crippen molar-refractivity contribution in [1.82, 2.24) is 5.32 Å². The Kier molecular flexibility index (Phi) is 6.12. The lowest BCUT2D eigenvalue weighted by molar-refractivity contribution is 0.179. The molecular formula is C18H28BrNO. The van der Waals surface area contributed by atoms with Gasteiger partial charge in [-0.25, -0.2) is 0 Å². The molecule has 118 valence electrons. The number of hydrogen-bond donors (Lipinski definition) is 1. The van der Waals surface area contributed by atoms with Crippen LogP contribution < -0.4 is 10.1 Å². The zero-order valence-corrected chi connectivity index (χ0v) is 15.1. The molecule has 2 rings (SSSR count). The third kappa shape index (κ3) is 5.63. The van der Waals surface area contributed by atoms with E-state index in [1.807, 2.05) is 24.3 Å². The summed E-state index contributed by atoms with van der Waals surface area (Å²) < 4.78 is 7.01. The highest BCUT2D eigenvalue weighted by Crippen LogP contribution is 2.47. The molecule has 1 atom stereocenters. The van der Waals surface area contributed by atoms with Gasteiger partial charge in [-0.1, -0.05) is 36.7 Å². The molecule has 2 nitrogen and oxygen atoms in total. The standard InChI is InChI=1S/C18H28BrNO/c1-14(2)12-20-13-18(3,15-4-5-15)10-11-21-17-8-6-16(19)7-9-17/h6-9,14-15,20H,4-5,10-13H2,1-3H3. The SMILES string of the molecule is CC(C)CNCC(C)(CCOc1ccc(Br)cc1)C1CC1. The fourth-order valence-electron chi connectivity index (χ4n) is 2.80. The first-order valence-electron chi connectivity index (χ1n) is 8.09. The first-order valence-corrected chi connectivity index (χ1v) is 8.88. The molecule has 0 bridgehead atoms. The molecule has 1 aliphatic rings. The summed E-state index contributed by atoms with van der Waals surface area (Å²) in [4.78, 5) is 0. The van der Waals surface area contributed by atoms with Crippen molar-refractivity contribution in [2.75, 3.05) is 19.7 Å². The predicted molar refractivity (Wildman–Crippen MR) is 92.8 cm³/mol. The van der Waals surface area contributed by atoms with Crippen LogP contribution in [0.15, 0.2) is 28.7 Å². The van der Waals surface area contributed by atoms with Crippen molar-refractivity contribution >= 4 is 15.9 Å². The highest BCUT2D eigenvalue weighted by Gasteiger charge is 2.40. The molecule has 1 unspecified atom stereocenters. The molecule has 0 saturated heterocycles. The summed E-state index contributed by atoms with van der Waals surface area (Å²) in [5, 5.41) is 3.64. The maximum absolute atomic E-state index is 5.91. The van der Waals surface area contributed by atoms with Crippen LogP contribution in [0.2, 0.25) is 0 Å². The largest absolute Gasteiger partial charge is 0.494 e. The van der Waals surface area contributed by atoms with Crippen LogP contribution in [0.1, 0.15) is 40.0 Å². The molecule has 0 amide bonds. The zero-order chi connectivity index (χ0) is 15.3. The molecule has 1 saturated carbocycles. The monoisotopic (exact) mass is 353 g/mol. The summed E-state index contributed by atoms with van der Waals surface area (Å²) in [7, 11) is 0. The lowest BCUT2D eigenvalue weighted by atomic mass is 9.81. The Balaban J connectivity index is 1.78. The molecule has 0 spiro atoms. The van der Waals surface area contributed by atoms with Crippen molar-refractivity contribution in [3.63, 3.8) is 0 Å². The van der Waals surface area contributed by atoms with Crippen molar-refractivity contribution in [3.8, 4) is 5.75 Å². The molecule has 0 aromatic heterocycles. The Bertz CT molecular complexity index is 427. The third-order valence-corrected chi connectivity index (χ3v) is 4.93. The lowest BCUT2D eigenvalue weighted by Gasteiger charge is -2.30. The van der Waals surface area contributed by atoms with Crippen LogP contribution in [0.5, 0.6) is 5.75 Å². The van der Waals surface area contributed by atoms with E-state index < -0.39 is 0 Å². The molecule has 21 heavy (non-hydrogen) atoms. The van der Waals surface area contributed by atoms with E-state index in [-0.39, 0.29) is 0 Å². The van der Waals surface area contributed by atoms with Crippen LogP contribution in [0, 0.1) is 17.3 Å². The van der Waals surface area contributed by atoms with E-state index in [4.69, 9.17) is 4.74 Å². The minimum atomic E-state index is 0.379. The molecule has 0 radical (unpaired) electrons. The molecule has 1 fully saturated rings. The van der Waals surface area contributed by atoms with Crippen LogP contribution in [0.4, 0.5) is 0 Å². The van der Waals surface area contributed by atoms with Gasteiger partial charge in [0, 0.05) is 11.0 Å². The molecule has 1 aromatic rings. The van der Waals surface area contributed by atoms with Crippen LogP contribution in [0.3, 0.4) is 0 Å². The summed E-state index contributed by atoms with van der Waals surface area (Å²) in [6.07, 6.45) is 3.90. The average Bonchev–Trinajstić information content (AvgIpc) is 3.25. The molecule has 1 N–H and O–H groups in total. The summed E-state index contributed by atoms with van der Waals surface area (Å²) in [6.45, 7) is 9.96. The van der Waals surface area contributed by atoms with E-state index in [0.717, 1.165) is 42.3 Å². The summed E-state index contributed by atoms with van der Waals surface area (Å²) >= 11 is 3.45. The van der Waals surface area contributed by atoms with Crippen LogP contribution in [0.25, 0.3) is 0 Å². The quantitative estimate of drug-likeness (QED) is 0.682. The normalized spacial score (nSPS) is 17.8. The van der Waals surface area contributed by atoms with E-state index in [9.17, 15) is 0 Å². The van der Waals surface area contributed by atoms with Crippen molar-refractivity contribution in [3.05, 3.63) is 28.7 Å². The van der Waals surface area contributed by atoms with Crippen molar-refractivity contribution in [2.45, 2.75) is 40.0 Å². The van der Waals surface area contributed by atoms with Gasteiger partial charge in [-0.2, -0.15) is 0 Å². The topological polar surface area (TPSA) is 21.3 Å². The fourth-order valence-corrected chi connectivity index (χ4v) is 3.06. The second-order valence-electron chi connectivity index (χ2n) is 7.01. The molecule has 0 heterocycles. The van der Waals surface area contributed by atoms with E-state index in [1.54, 1.807) is 0 Å². The summed E-state index contributed by atoms with van der Waals surface area (Å²) in [5.74, 6) is 2.56. The van der Waals surface area contributed by atoms with E-state index in [1.165, 1.54) is 12.8 Å². The smallest absolute Gasteiger partial charge is 0.119 e. The first kappa shape index (κ1) is 16.8. The highest BCUT2D eigenvalue weighted by atomic mass is 79.9. The molecular weight excluding hydrogens is 326 g/mol. The second-order valence-corrected chi connectivity index (χ2v) is 7.92. The van der Waals surface area contributed by atoms with Gasteiger partial charge in [0.25, 0.3) is 0 Å². The third-order valence-electron chi connectivity index (χ3n) is 4.40. The lowest BCUT2D eigenvalue weighted by Crippen LogP contribution is -2.36. The van der Waals surface area contributed by atoms with Gasteiger partial charge in [-0.3, -0.25) is 0 Å². The molecule has 1 aliphatic carbocycles. The van der Waals surface area contributed by atoms with Crippen molar-refractivity contribution < 1.29 is 4.74 Å². The Morgan fingerprint density at radius 3 is 2.52 bits per heavy atom. The van der Waals surface area contributed by atoms with Gasteiger partial charge in [-0.15, -0.1) is 0 Å². The Morgan fingerprint density at radius 1 is 1.29 bits per heavy atom. The van der Waals surface area contributed by atoms with Gasteiger partial charge < -0.3 is 10.1 Å². The van der Waals surface area contributed by atoms with Gasteiger partial charge in [-0.05, 0) is 67.3 Å². The van der Waals surface area contributed by atoms with Crippen molar-refractivity contribution in [2.24, 2.45) is 17.3 Å². The second kappa shape index (κ2) is 7.64. The van der Waals surface area contributed by atoms with Gasteiger partial charge >= 0.3 is 0 Å². The summed E-state index contributed by atoms with van der Waals surface area (Å²) in [6, 6.07) is 8.10. The number of rotatable bonds is 9. The van der Waals surface area contributed by atoms with E-state index >= 15 is 0 Å². The predicted octanol–water partition coefficient (Wildman–Crippen LogP) is 4.88. The highest BCUT2D eigenvalue weighted by molar-refractivity contribution is 9.10. The van der Waals surface area contributed by atoms with Crippen LogP contribution in [-0.4, -0.2) is 19.7 Å².